The van der Waals surface area contributed by atoms with Crippen LogP contribution in [0.15, 0.2) is 34.3 Å². The Balaban J connectivity index is 0.000000186. The van der Waals surface area contributed by atoms with Crippen LogP contribution in [0.2, 0.25) is 4.34 Å². The SMILES string of the molecule is CC(C)N=C1Nc2cc(Br)sc2S(=O)(=O)N1.C[C@@H](O)CN=C1Nc2cc(Cl)sc2S(=O)(=O)N1. The summed E-state index contributed by atoms with van der Waals surface area (Å²) in [4.78, 5) is 8.06. The van der Waals surface area contributed by atoms with Gasteiger partial charge in [0.1, 0.15) is 0 Å². The Morgan fingerprint density at radius 3 is 2.15 bits per heavy atom. The normalized spacial score (nSPS) is 20.9. The molecule has 182 valence electrons. The second-order valence-electron chi connectivity index (χ2n) is 7.07. The largest absolute Gasteiger partial charge is 0.391 e. The maximum Gasteiger partial charge on any atom is 0.275 e. The first kappa shape index (κ1) is 26.2. The van der Waals surface area contributed by atoms with Crippen molar-refractivity contribution >= 4 is 93.5 Å². The summed E-state index contributed by atoms with van der Waals surface area (Å²) in [5.41, 5.74) is 0.970. The lowest BCUT2D eigenvalue weighted by atomic mass is 10.4. The number of thiophene rings is 2. The van der Waals surface area contributed by atoms with Gasteiger partial charge in [0.25, 0.3) is 20.0 Å². The zero-order valence-corrected chi connectivity index (χ0v) is 23.0. The molecule has 5 N–H and O–H groups in total. The highest BCUT2D eigenvalue weighted by molar-refractivity contribution is 9.11. The van der Waals surface area contributed by atoms with Gasteiger partial charge in [0.2, 0.25) is 11.9 Å². The minimum absolute atomic E-state index is 0.0221. The number of aliphatic imine (C=N–C) groups is 2. The van der Waals surface area contributed by atoms with Crippen molar-refractivity contribution < 1.29 is 21.9 Å². The third-order valence-electron chi connectivity index (χ3n) is 3.69. The molecule has 0 unspecified atom stereocenters. The number of nitrogens with one attached hydrogen (secondary N) is 4. The Morgan fingerprint density at radius 2 is 1.55 bits per heavy atom. The van der Waals surface area contributed by atoms with Gasteiger partial charge in [0.05, 0.1) is 32.1 Å². The molecule has 0 saturated heterocycles. The summed E-state index contributed by atoms with van der Waals surface area (Å²) in [7, 11) is -7.08. The molecule has 2 aliphatic rings. The van der Waals surface area contributed by atoms with Crippen LogP contribution in [0.1, 0.15) is 20.8 Å². The Labute approximate surface area is 212 Å². The van der Waals surface area contributed by atoms with Gasteiger partial charge in [-0.1, -0.05) is 11.6 Å². The maximum atomic E-state index is 11.8. The highest BCUT2D eigenvalue weighted by Gasteiger charge is 2.30. The molecule has 33 heavy (non-hydrogen) atoms. The lowest BCUT2D eigenvalue weighted by Crippen LogP contribution is -2.40. The molecule has 1 atom stereocenters. The van der Waals surface area contributed by atoms with Crippen LogP contribution in [0.3, 0.4) is 0 Å². The Bertz CT molecular complexity index is 1320. The van der Waals surface area contributed by atoms with Gasteiger partial charge in [-0.3, -0.25) is 0 Å². The van der Waals surface area contributed by atoms with E-state index in [0.717, 1.165) is 15.1 Å². The smallest absolute Gasteiger partial charge is 0.275 e. The van der Waals surface area contributed by atoms with Crippen LogP contribution < -0.4 is 20.1 Å². The first-order valence-corrected chi connectivity index (χ1v) is 15.0. The standard InChI is InChI=1S/C8H10BrN3O2S2.C8H10ClN3O3S2/c1-4(2)10-8-11-5-3-6(9)15-7(5)16(13,14)12-8;1-4(13)3-10-8-11-5-2-6(9)16-7(5)17(14,15)12-8/h3-4H,1-2H3,(H2,10,11,12);2,4,13H,3H2,1H3,(H2,10,11,12)/t;4-/m.1/s1. The molecule has 4 heterocycles. The fourth-order valence-corrected chi connectivity index (χ4v) is 8.57. The lowest BCUT2D eigenvalue weighted by molar-refractivity contribution is 0.204. The van der Waals surface area contributed by atoms with Gasteiger partial charge in [-0.05, 0) is 48.8 Å². The highest BCUT2D eigenvalue weighted by Crippen LogP contribution is 2.37. The summed E-state index contributed by atoms with van der Waals surface area (Å²) >= 11 is 11.2. The average Bonchev–Trinajstić information content (AvgIpc) is 3.22. The van der Waals surface area contributed by atoms with E-state index in [-0.39, 0.29) is 32.9 Å². The molecule has 0 aromatic carbocycles. The van der Waals surface area contributed by atoms with Crippen molar-refractivity contribution in [2.75, 3.05) is 17.2 Å². The molecular formula is C16H20BrClN6O5S4. The summed E-state index contributed by atoms with van der Waals surface area (Å²) in [6.45, 7) is 5.43. The third kappa shape index (κ3) is 6.58. The molecule has 0 spiro atoms. The predicted octanol–water partition coefficient (Wildman–Crippen LogP) is 2.82. The molecule has 2 aromatic heterocycles. The van der Waals surface area contributed by atoms with Crippen LogP contribution >= 0.6 is 50.2 Å². The van der Waals surface area contributed by atoms with Crippen molar-refractivity contribution in [2.45, 2.75) is 41.3 Å². The van der Waals surface area contributed by atoms with Crippen molar-refractivity contribution in [3.05, 3.63) is 20.3 Å². The lowest BCUT2D eigenvalue weighted by Gasteiger charge is -2.18. The molecule has 0 saturated carbocycles. The number of nitrogens with zero attached hydrogens (tertiary/aromatic N) is 2. The number of hydrogen-bond acceptors (Lipinski definition) is 9. The van der Waals surface area contributed by atoms with Crippen molar-refractivity contribution in [3.63, 3.8) is 0 Å². The number of halogens is 2. The summed E-state index contributed by atoms with van der Waals surface area (Å²) in [6, 6.07) is 3.28. The zero-order chi connectivity index (χ0) is 24.6. The van der Waals surface area contributed by atoms with Crippen LogP contribution in [0.4, 0.5) is 11.4 Å². The zero-order valence-electron chi connectivity index (χ0n) is 17.4. The van der Waals surface area contributed by atoms with Crippen LogP contribution in [-0.2, 0) is 20.0 Å². The number of fused-ring (bicyclic) bond motifs is 2. The molecule has 0 bridgehead atoms. The molecule has 2 aliphatic heterocycles. The number of sulfonamides is 2. The number of hydrogen-bond donors (Lipinski definition) is 5. The van der Waals surface area contributed by atoms with Gasteiger partial charge in [0, 0.05) is 6.04 Å². The van der Waals surface area contributed by atoms with Gasteiger partial charge in [0.15, 0.2) is 8.42 Å². The second kappa shape index (κ2) is 10.1. The van der Waals surface area contributed by atoms with E-state index in [9.17, 15) is 16.8 Å². The monoisotopic (exact) mass is 618 g/mol. The van der Waals surface area contributed by atoms with Gasteiger partial charge in [-0.2, -0.15) is 0 Å². The quantitative estimate of drug-likeness (QED) is 0.353. The van der Waals surface area contributed by atoms with Gasteiger partial charge >= 0.3 is 0 Å². The molecule has 4 rings (SSSR count). The summed E-state index contributed by atoms with van der Waals surface area (Å²) in [5.74, 6) is 0.362. The molecule has 0 aliphatic carbocycles. The van der Waals surface area contributed by atoms with Crippen molar-refractivity contribution in [2.24, 2.45) is 9.98 Å². The van der Waals surface area contributed by atoms with Gasteiger partial charge in [-0.25, -0.2) is 36.3 Å². The van der Waals surface area contributed by atoms with E-state index < -0.39 is 26.2 Å². The first-order chi connectivity index (χ1) is 15.3. The predicted molar refractivity (Wildman–Crippen MR) is 136 cm³/mol. The van der Waals surface area contributed by atoms with Gasteiger partial charge < -0.3 is 15.7 Å². The molecule has 2 aromatic rings. The number of aliphatic hydroxyl groups is 1. The molecule has 17 heteroatoms. The molecule has 0 fully saturated rings. The topological polar surface area (TPSA) is 161 Å². The van der Waals surface area contributed by atoms with E-state index in [1.54, 1.807) is 13.0 Å². The van der Waals surface area contributed by atoms with Gasteiger partial charge in [-0.15, -0.1) is 22.7 Å². The van der Waals surface area contributed by atoms with Crippen molar-refractivity contribution in [3.8, 4) is 0 Å². The van der Waals surface area contributed by atoms with Crippen molar-refractivity contribution in [1.82, 2.24) is 9.44 Å². The minimum atomic E-state index is -3.61. The van der Waals surface area contributed by atoms with E-state index in [1.165, 1.54) is 17.4 Å². The van der Waals surface area contributed by atoms with E-state index in [2.05, 4.69) is 46.0 Å². The minimum Gasteiger partial charge on any atom is -0.391 e. The number of guanidine groups is 2. The van der Waals surface area contributed by atoms with Crippen LogP contribution in [0.25, 0.3) is 0 Å². The van der Waals surface area contributed by atoms with E-state index in [4.69, 9.17) is 16.7 Å². The average molecular weight is 620 g/mol. The molecule has 11 nitrogen and oxygen atoms in total. The number of rotatable bonds is 3. The Kier molecular flexibility index (Phi) is 7.97. The number of anilines is 2. The van der Waals surface area contributed by atoms with Crippen LogP contribution in [0.5, 0.6) is 0 Å². The van der Waals surface area contributed by atoms with Crippen LogP contribution in [-0.4, -0.2) is 52.6 Å². The molecular weight excluding hydrogens is 600 g/mol. The maximum absolute atomic E-state index is 11.8. The highest BCUT2D eigenvalue weighted by atomic mass is 79.9. The Hall–Kier alpha value is -1.43. The fourth-order valence-electron chi connectivity index (χ4n) is 2.53. The van der Waals surface area contributed by atoms with Crippen molar-refractivity contribution in [1.29, 1.82) is 0 Å². The second-order valence-corrected chi connectivity index (χ2v) is 14.9. The van der Waals surface area contributed by atoms with E-state index >= 15 is 0 Å². The summed E-state index contributed by atoms with van der Waals surface area (Å²) in [5, 5.41) is 14.8. The first-order valence-electron chi connectivity index (χ1n) is 9.25. The number of aliphatic hydroxyl groups excluding tert-OH is 1. The summed E-state index contributed by atoms with van der Waals surface area (Å²) < 4.78 is 53.5. The summed E-state index contributed by atoms with van der Waals surface area (Å²) in [6.07, 6.45) is -0.638. The fraction of sp³-hybridized carbons (Fsp3) is 0.375. The van der Waals surface area contributed by atoms with Crippen LogP contribution in [0, 0.1) is 0 Å². The molecule has 0 amide bonds. The van der Waals surface area contributed by atoms with E-state index in [1.807, 2.05) is 13.8 Å². The van der Waals surface area contributed by atoms with E-state index in [0.29, 0.717) is 15.7 Å². The Morgan fingerprint density at radius 1 is 1.00 bits per heavy atom. The molecule has 0 radical (unpaired) electrons. The third-order valence-corrected chi connectivity index (χ3v) is 10.3.